The van der Waals surface area contributed by atoms with Gasteiger partial charge in [-0.15, -0.1) is 0 Å². The number of hydrogen-bond donors (Lipinski definition) is 0. The van der Waals surface area contributed by atoms with Gasteiger partial charge >= 0.3 is 0 Å². The van der Waals surface area contributed by atoms with Gasteiger partial charge in [-0.3, -0.25) is 0 Å². The zero-order valence-electron chi connectivity index (χ0n) is 17.7. The van der Waals surface area contributed by atoms with Crippen LogP contribution in [0.25, 0.3) is 0 Å². The molecule has 0 aromatic heterocycles. The Hall–Kier alpha value is -1.77. The Balaban J connectivity index is 1.62. The van der Waals surface area contributed by atoms with Crippen molar-refractivity contribution in [2.45, 2.75) is 84.0 Å². The van der Waals surface area contributed by atoms with Gasteiger partial charge in [0.15, 0.2) is 11.6 Å². The van der Waals surface area contributed by atoms with Gasteiger partial charge in [-0.1, -0.05) is 57.4 Å². The Bertz CT molecular complexity index is 804. The summed E-state index contributed by atoms with van der Waals surface area (Å²) in [5, 5.41) is 0. The van der Waals surface area contributed by atoms with Crippen molar-refractivity contribution in [2.75, 3.05) is 0 Å². The molecule has 0 N–H and O–H groups in total. The van der Waals surface area contributed by atoms with E-state index in [1.54, 1.807) is 18.2 Å². The van der Waals surface area contributed by atoms with Gasteiger partial charge < -0.3 is 0 Å². The molecule has 0 aliphatic heterocycles. The van der Waals surface area contributed by atoms with E-state index in [2.05, 4.69) is 6.92 Å². The fraction of sp³-hybridized carbons (Fsp3) is 0.538. The molecule has 0 unspecified atom stereocenters. The van der Waals surface area contributed by atoms with Crippen LogP contribution in [0.2, 0.25) is 0 Å². The van der Waals surface area contributed by atoms with Crippen LogP contribution in [-0.2, 0) is 19.3 Å². The first-order valence-corrected chi connectivity index (χ1v) is 11.3. The van der Waals surface area contributed by atoms with Gasteiger partial charge in [0, 0.05) is 0 Å². The van der Waals surface area contributed by atoms with Crippen molar-refractivity contribution in [1.82, 2.24) is 0 Å². The van der Waals surface area contributed by atoms with Gasteiger partial charge in [0.1, 0.15) is 5.82 Å². The third-order valence-corrected chi connectivity index (χ3v) is 6.52. The molecule has 3 heteroatoms. The number of halogens is 3. The van der Waals surface area contributed by atoms with E-state index in [0.29, 0.717) is 41.9 Å². The second-order valence-electron chi connectivity index (χ2n) is 8.62. The second-order valence-corrected chi connectivity index (χ2v) is 8.62. The van der Waals surface area contributed by atoms with Crippen LogP contribution in [-0.4, -0.2) is 0 Å². The van der Waals surface area contributed by atoms with Crippen LogP contribution in [0, 0.1) is 23.4 Å². The van der Waals surface area contributed by atoms with Crippen molar-refractivity contribution in [3.8, 4) is 0 Å². The van der Waals surface area contributed by atoms with Crippen LogP contribution in [0.4, 0.5) is 13.2 Å². The molecule has 0 saturated heterocycles. The lowest BCUT2D eigenvalue weighted by Gasteiger charge is -2.28. The number of aryl methyl sites for hydroxylation is 3. The SMILES string of the molecule is CCCc1ccc(CCc2ccc(C3CCC(CCC)CC3)cc2F)c(F)c1F. The molecule has 1 fully saturated rings. The summed E-state index contributed by atoms with van der Waals surface area (Å²) in [6, 6.07) is 8.84. The van der Waals surface area contributed by atoms with Gasteiger partial charge in [-0.25, -0.2) is 13.2 Å². The van der Waals surface area contributed by atoms with Crippen LogP contribution in [0.1, 0.15) is 87.0 Å². The van der Waals surface area contributed by atoms with Crippen LogP contribution in [0.3, 0.4) is 0 Å². The molecule has 0 heterocycles. The van der Waals surface area contributed by atoms with E-state index in [1.807, 2.05) is 19.1 Å². The van der Waals surface area contributed by atoms with E-state index in [9.17, 15) is 13.2 Å². The Labute approximate surface area is 173 Å². The van der Waals surface area contributed by atoms with Crippen LogP contribution < -0.4 is 0 Å². The summed E-state index contributed by atoms with van der Waals surface area (Å²) in [5.41, 5.74) is 2.39. The van der Waals surface area contributed by atoms with Gasteiger partial charge in [0.25, 0.3) is 0 Å². The molecular formula is C26H33F3. The molecule has 1 saturated carbocycles. The smallest absolute Gasteiger partial charge is 0.162 e. The van der Waals surface area contributed by atoms with Crippen LogP contribution in [0.15, 0.2) is 30.3 Å². The number of rotatable bonds is 8. The summed E-state index contributed by atoms with van der Waals surface area (Å²) in [6.07, 6.45) is 9.26. The van der Waals surface area contributed by atoms with E-state index in [1.165, 1.54) is 25.7 Å². The Kier molecular flexibility index (Phi) is 7.80. The average Bonchev–Trinajstić information content (AvgIpc) is 2.72. The van der Waals surface area contributed by atoms with Crippen molar-refractivity contribution in [3.63, 3.8) is 0 Å². The van der Waals surface area contributed by atoms with Crippen molar-refractivity contribution in [1.29, 1.82) is 0 Å². The molecule has 0 bridgehead atoms. The fourth-order valence-corrected chi connectivity index (χ4v) is 4.77. The quantitative estimate of drug-likeness (QED) is 0.421. The van der Waals surface area contributed by atoms with Crippen molar-refractivity contribution in [2.24, 2.45) is 5.92 Å². The average molecular weight is 403 g/mol. The largest absolute Gasteiger partial charge is 0.207 e. The lowest BCUT2D eigenvalue weighted by Crippen LogP contribution is -2.13. The molecule has 158 valence electrons. The maximum atomic E-state index is 14.7. The molecule has 0 atom stereocenters. The normalized spacial score (nSPS) is 19.5. The van der Waals surface area contributed by atoms with Crippen molar-refractivity contribution >= 4 is 0 Å². The van der Waals surface area contributed by atoms with Crippen molar-refractivity contribution in [3.05, 3.63) is 70.0 Å². The zero-order valence-corrected chi connectivity index (χ0v) is 17.7. The molecule has 1 aliphatic carbocycles. The van der Waals surface area contributed by atoms with E-state index >= 15 is 0 Å². The van der Waals surface area contributed by atoms with Gasteiger partial charge in [0.2, 0.25) is 0 Å². The van der Waals surface area contributed by atoms with Crippen LogP contribution in [0.5, 0.6) is 0 Å². The molecule has 0 amide bonds. The predicted molar refractivity (Wildman–Crippen MR) is 114 cm³/mol. The highest BCUT2D eigenvalue weighted by Gasteiger charge is 2.22. The molecule has 3 rings (SSSR count). The Morgan fingerprint density at radius 1 is 0.724 bits per heavy atom. The van der Waals surface area contributed by atoms with Gasteiger partial charge in [0.05, 0.1) is 0 Å². The van der Waals surface area contributed by atoms with Crippen molar-refractivity contribution < 1.29 is 13.2 Å². The first-order chi connectivity index (χ1) is 14.0. The molecule has 29 heavy (non-hydrogen) atoms. The third-order valence-electron chi connectivity index (χ3n) is 6.52. The molecular weight excluding hydrogens is 369 g/mol. The highest BCUT2D eigenvalue weighted by Crippen LogP contribution is 2.38. The molecule has 0 radical (unpaired) electrons. The van der Waals surface area contributed by atoms with E-state index in [-0.39, 0.29) is 5.82 Å². The lowest BCUT2D eigenvalue weighted by molar-refractivity contribution is 0.308. The van der Waals surface area contributed by atoms with Gasteiger partial charge in [-0.05, 0) is 85.1 Å². The van der Waals surface area contributed by atoms with Crippen LogP contribution >= 0.6 is 0 Å². The molecule has 2 aromatic carbocycles. The summed E-state index contributed by atoms with van der Waals surface area (Å²) in [4.78, 5) is 0. The number of benzene rings is 2. The van der Waals surface area contributed by atoms with E-state index in [4.69, 9.17) is 0 Å². The molecule has 2 aromatic rings. The second kappa shape index (κ2) is 10.3. The van der Waals surface area contributed by atoms with Gasteiger partial charge in [-0.2, -0.15) is 0 Å². The summed E-state index contributed by atoms with van der Waals surface area (Å²) in [5.74, 6) is -0.471. The lowest BCUT2D eigenvalue weighted by atomic mass is 9.77. The maximum Gasteiger partial charge on any atom is 0.162 e. The monoisotopic (exact) mass is 402 g/mol. The van der Waals surface area contributed by atoms with E-state index in [0.717, 1.165) is 30.7 Å². The highest BCUT2D eigenvalue weighted by molar-refractivity contribution is 5.30. The minimum atomic E-state index is -0.781. The standard InChI is InChI=1S/C26H33F3/c1-3-5-18-7-9-19(10-8-18)23-16-12-20(24(27)17-23)11-13-22-15-14-21(6-4-2)25(28)26(22)29/h12,14-19H,3-11,13H2,1-2H3. The molecule has 1 aliphatic rings. The minimum absolute atomic E-state index is 0.221. The fourth-order valence-electron chi connectivity index (χ4n) is 4.77. The maximum absolute atomic E-state index is 14.7. The topological polar surface area (TPSA) is 0 Å². The Morgan fingerprint density at radius 3 is 1.90 bits per heavy atom. The summed E-state index contributed by atoms with van der Waals surface area (Å²) in [6.45, 7) is 4.18. The summed E-state index contributed by atoms with van der Waals surface area (Å²) < 4.78 is 43.1. The molecule has 0 nitrogen and oxygen atoms in total. The number of hydrogen-bond acceptors (Lipinski definition) is 0. The highest BCUT2D eigenvalue weighted by atomic mass is 19.2. The third kappa shape index (κ3) is 5.43. The first kappa shape index (κ1) is 21.9. The first-order valence-electron chi connectivity index (χ1n) is 11.3. The predicted octanol–water partition coefficient (Wildman–Crippen LogP) is 7.92. The Morgan fingerprint density at radius 2 is 1.31 bits per heavy atom. The van der Waals surface area contributed by atoms with E-state index < -0.39 is 11.6 Å². The summed E-state index contributed by atoms with van der Waals surface area (Å²) in [7, 11) is 0. The summed E-state index contributed by atoms with van der Waals surface area (Å²) >= 11 is 0. The zero-order chi connectivity index (χ0) is 20.8. The minimum Gasteiger partial charge on any atom is -0.207 e. The molecule has 0 spiro atoms.